The van der Waals surface area contributed by atoms with Gasteiger partial charge in [0.05, 0.1) is 5.69 Å². The minimum Gasteiger partial charge on any atom is -0.444 e. The first-order chi connectivity index (χ1) is 13.8. The molecule has 3 rings (SSSR count). The highest BCUT2D eigenvalue weighted by atomic mass is 79.9. The molecular formula is C20H16BrFN2O4S. The lowest BCUT2D eigenvalue weighted by atomic mass is 10.2. The Bertz CT molecular complexity index is 1110. The van der Waals surface area contributed by atoms with E-state index in [1.165, 1.54) is 0 Å². The highest BCUT2D eigenvalue weighted by molar-refractivity contribution is 9.10. The molecule has 6 nitrogen and oxygen atoms in total. The first-order valence-electron chi connectivity index (χ1n) is 8.39. The fraction of sp³-hybridized carbons (Fsp3) is 0.0500. The number of ether oxygens (including phenoxy) is 1. The maximum atomic E-state index is 13.7. The van der Waals surface area contributed by atoms with Gasteiger partial charge in [-0.25, -0.2) is 17.6 Å². The highest BCUT2D eigenvalue weighted by Gasteiger charge is 2.21. The van der Waals surface area contributed by atoms with Crippen LogP contribution in [0.25, 0.3) is 0 Å². The van der Waals surface area contributed by atoms with Crippen LogP contribution in [0.4, 0.5) is 20.6 Å². The normalized spacial score (nSPS) is 11.0. The summed E-state index contributed by atoms with van der Waals surface area (Å²) in [4.78, 5) is 11.7. The van der Waals surface area contributed by atoms with Crippen LogP contribution in [-0.2, 0) is 21.4 Å². The zero-order valence-corrected chi connectivity index (χ0v) is 17.3. The molecule has 29 heavy (non-hydrogen) atoms. The fourth-order valence-corrected chi connectivity index (χ4v) is 3.92. The van der Waals surface area contributed by atoms with Crippen molar-refractivity contribution in [3.8, 4) is 0 Å². The van der Waals surface area contributed by atoms with Gasteiger partial charge in [0.2, 0.25) is 0 Å². The smallest absolute Gasteiger partial charge is 0.411 e. The van der Waals surface area contributed by atoms with E-state index in [4.69, 9.17) is 4.74 Å². The van der Waals surface area contributed by atoms with E-state index in [1.807, 2.05) is 6.07 Å². The minimum atomic E-state index is -4.17. The van der Waals surface area contributed by atoms with Gasteiger partial charge in [-0.15, -0.1) is 0 Å². The molecule has 0 aliphatic rings. The van der Waals surface area contributed by atoms with E-state index in [1.54, 1.807) is 48.5 Å². The van der Waals surface area contributed by atoms with Crippen molar-refractivity contribution in [2.24, 2.45) is 0 Å². The summed E-state index contributed by atoms with van der Waals surface area (Å²) in [6.45, 7) is 0.00704. The number of benzene rings is 3. The van der Waals surface area contributed by atoms with Crippen molar-refractivity contribution in [1.29, 1.82) is 0 Å². The van der Waals surface area contributed by atoms with Gasteiger partial charge in [-0.2, -0.15) is 0 Å². The van der Waals surface area contributed by atoms with Crippen molar-refractivity contribution in [3.05, 3.63) is 88.6 Å². The number of amides is 1. The Labute approximate surface area is 175 Å². The van der Waals surface area contributed by atoms with Gasteiger partial charge < -0.3 is 4.74 Å². The van der Waals surface area contributed by atoms with Gasteiger partial charge in [0, 0.05) is 10.2 Å². The van der Waals surface area contributed by atoms with Gasteiger partial charge in [-0.05, 0) is 48.0 Å². The summed E-state index contributed by atoms with van der Waals surface area (Å²) >= 11 is 3.26. The van der Waals surface area contributed by atoms with Crippen molar-refractivity contribution >= 4 is 43.4 Å². The number of carbonyl (C=O) groups excluding carboxylic acids is 1. The molecule has 0 heterocycles. The van der Waals surface area contributed by atoms with Crippen LogP contribution in [0.15, 0.2) is 82.2 Å². The molecule has 0 bridgehead atoms. The van der Waals surface area contributed by atoms with Crippen LogP contribution < -0.4 is 10.0 Å². The molecule has 3 aromatic rings. The average molecular weight is 479 g/mol. The van der Waals surface area contributed by atoms with Crippen molar-refractivity contribution in [2.75, 3.05) is 10.0 Å². The predicted octanol–water partition coefficient (Wildman–Crippen LogP) is 5.14. The van der Waals surface area contributed by atoms with E-state index in [2.05, 4.69) is 26.0 Å². The molecule has 3 aromatic carbocycles. The molecule has 150 valence electrons. The van der Waals surface area contributed by atoms with Crippen LogP contribution >= 0.6 is 15.9 Å². The van der Waals surface area contributed by atoms with Crippen molar-refractivity contribution in [2.45, 2.75) is 11.5 Å². The molecular weight excluding hydrogens is 463 g/mol. The molecule has 1 amide bonds. The maximum absolute atomic E-state index is 13.7. The van der Waals surface area contributed by atoms with Crippen LogP contribution in [0.2, 0.25) is 0 Å². The van der Waals surface area contributed by atoms with Crippen LogP contribution in [0.1, 0.15) is 5.56 Å². The van der Waals surface area contributed by atoms with Gasteiger partial charge in [0.25, 0.3) is 10.0 Å². The lowest BCUT2D eigenvalue weighted by Gasteiger charge is -2.14. The van der Waals surface area contributed by atoms with Gasteiger partial charge in [0.1, 0.15) is 17.3 Å². The Hall–Kier alpha value is -2.91. The van der Waals surface area contributed by atoms with Gasteiger partial charge in [0.15, 0.2) is 0 Å². The zero-order chi connectivity index (χ0) is 20.9. The Morgan fingerprint density at radius 3 is 2.38 bits per heavy atom. The highest BCUT2D eigenvalue weighted by Crippen LogP contribution is 2.26. The quantitative estimate of drug-likeness (QED) is 0.513. The molecule has 0 aliphatic carbocycles. The number of anilines is 2. The molecule has 0 aromatic heterocycles. The number of rotatable bonds is 6. The topological polar surface area (TPSA) is 84.5 Å². The first kappa shape index (κ1) is 20.8. The van der Waals surface area contributed by atoms with Crippen molar-refractivity contribution in [1.82, 2.24) is 0 Å². The summed E-state index contributed by atoms with van der Waals surface area (Å²) in [6, 6.07) is 18.4. The van der Waals surface area contributed by atoms with E-state index in [-0.39, 0.29) is 18.0 Å². The number of hydrogen-bond acceptors (Lipinski definition) is 4. The standard InChI is InChI=1S/C20H16BrFN2O4S/c21-15-6-9-17(10-7-15)24-29(26,27)19-12-16(22)8-11-18(19)23-20(25)28-13-14-4-2-1-3-5-14/h1-12,24H,13H2,(H,23,25). The second-order valence-corrected chi connectivity index (χ2v) is 8.51. The van der Waals surface area contributed by atoms with E-state index in [0.29, 0.717) is 0 Å². The third-order valence-corrected chi connectivity index (χ3v) is 5.73. The maximum Gasteiger partial charge on any atom is 0.411 e. The molecule has 0 fully saturated rings. The van der Waals surface area contributed by atoms with Gasteiger partial charge in [-0.3, -0.25) is 10.0 Å². The van der Waals surface area contributed by atoms with Crippen LogP contribution in [0.5, 0.6) is 0 Å². The summed E-state index contributed by atoms with van der Waals surface area (Å²) in [5, 5.41) is 2.35. The zero-order valence-electron chi connectivity index (χ0n) is 14.9. The molecule has 2 N–H and O–H groups in total. The molecule has 0 saturated carbocycles. The molecule has 0 unspecified atom stereocenters. The number of carbonyl (C=O) groups is 1. The number of hydrogen-bond donors (Lipinski definition) is 2. The van der Waals surface area contributed by atoms with Gasteiger partial charge >= 0.3 is 6.09 Å². The molecule has 0 spiro atoms. The Morgan fingerprint density at radius 2 is 1.69 bits per heavy atom. The summed E-state index contributed by atoms with van der Waals surface area (Å²) in [5.74, 6) is -0.760. The van der Waals surface area contributed by atoms with E-state index in [9.17, 15) is 17.6 Å². The largest absolute Gasteiger partial charge is 0.444 e. The third-order valence-electron chi connectivity index (χ3n) is 3.78. The predicted molar refractivity (Wildman–Crippen MR) is 112 cm³/mol. The van der Waals surface area contributed by atoms with Crippen molar-refractivity contribution < 1.29 is 22.3 Å². The number of sulfonamides is 1. The number of halogens is 2. The van der Waals surface area contributed by atoms with Crippen molar-refractivity contribution in [3.63, 3.8) is 0 Å². The second-order valence-electron chi connectivity index (χ2n) is 5.94. The monoisotopic (exact) mass is 478 g/mol. The molecule has 0 atom stereocenters. The summed E-state index contributed by atoms with van der Waals surface area (Å²) in [7, 11) is -4.17. The molecule has 9 heteroatoms. The second kappa shape index (κ2) is 9.06. The fourth-order valence-electron chi connectivity index (χ4n) is 2.42. The third kappa shape index (κ3) is 5.78. The number of nitrogens with one attached hydrogen (secondary N) is 2. The average Bonchev–Trinajstić information content (AvgIpc) is 2.70. The summed E-state index contributed by atoms with van der Waals surface area (Å²) in [5.41, 5.74) is 0.954. The van der Waals surface area contributed by atoms with E-state index < -0.39 is 26.8 Å². The van der Waals surface area contributed by atoms with E-state index >= 15 is 0 Å². The van der Waals surface area contributed by atoms with Crippen LogP contribution in [0, 0.1) is 5.82 Å². The lowest BCUT2D eigenvalue weighted by Crippen LogP contribution is -2.19. The van der Waals surface area contributed by atoms with Crippen LogP contribution in [-0.4, -0.2) is 14.5 Å². The Balaban J connectivity index is 1.77. The lowest BCUT2D eigenvalue weighted by molar-refractivity contribution is 0.155. The Morgan fingerprint density at radius 1 is 1.00 bits per heavy atom. The van der Waals surface area contributed by atoms with Gasteiger partial charge in [-0.1, -0.05) is 46.3 Å². The van der Waals surface area contributed by atoms with Crippen LogP contribution in [0.3, 0.4) is 0 Å². The first-order valence-corrected chi connectivity index (χ1v) is 10.7. The Kier molecular flexibility index (Phi) is 6.50. The summed E-state index contributed by atoms with van der Waals surface area (Å²) < 4.78 is 47.4. The molecule has 0 saturated heterocycles. The molecule has 0 radical (unpaired) electrons. The SMILES string of the molecule is O=C(Nc1ccc(F)cc1S(=O)(=O)Nc1ccc(Br)cc1)OCc1ccccc1. The molecule has 0 aliphatic heterocycles. The minimum absolute atomic E-state index is 0.00704. The summed E-state index contributed by atoms with van der Waals surface area (Å²) in [6.07, 6.45) is -0.861. The van der Waals surface area contributed by atoms with E-state index in [0.717, 1.165) is 28.2 Å².